The van der Waals surface area contributed by atoms with Gasteiger partial charge >= 0.3 is 0 Å². The summed E-state index contributed by atoms with van der Waals surface area (Å²) >= 11 is 0. The molecular formula is C43H31NO. The first kappa shape index (κ1) is 25.9. The highest BCUT2D eigenvalue weighted by Crippen LogP contribution is 2.63. The summed E-state index contributed by atoms with van der Waals surface area (Å²) in [7, 11) is 0. The minimum absolute atomic E-state index is 0.542. The van der Waals surface area contributed by atoms with Gasteiger partial charge in [0, 0.05) is 33.6 Å². The molecule has 9 rings (SSSR count). The molecular weight excluding hydrogens is 546 g/mol. The fraction of sp³-hybridized carbons (Fsp3) is 0.0698. The third-order valence-corrected chi connectivity index (χ3v) is 9.79. The molecule has 0 fully saturated rings. The molecule has 7 aromatic carbocycles. The molecule has 0 amide bonds. The normalized spacial score (nSPS) is 15.6. The number of anilines is 3. The first-order valence-corrected chi connectivity index (χ1v) is 15.6. The van der Waals surface area contributed by atoms with Crippen LogP contribution in [0.1, 0.15) is 33.4 Å². The molecule has 1 aliphatic heterocycles. The molecule has 1 spiro atoms. The second-order valence-electron chi connectivity index (χ2n) is 12.2. The number of para-hydroxylation sites is 3. The molecule has 7 aromatic rings. The summed E-state index contributed by atoms with van der Waals surface area (Å²) in [6.45, 7) is 4.39. The molecule has 0 saturated carbocycles. The highest BCUT2D eigenvalue weighted by Gasteiger charge is 2.51. The van der Waals surface area contributed by atoms with E-state index in [1.165, 1.54) is 61.3 Å². The Balaban J connectivity index is 1.40. The molecule has 2 nitrogen and oxygen atoms in total. The lowest BCUT2D eigenvalue weighted by atomic mass is 9.65. The van der Waals surface area contributed by atoms with E-state index in [9.17, 15) is 0 Å². The van der Waals surface area contributed by atoms with Crippen LogP contribution in [-0.2, 0) is 5.41 Å². The second-order valence-corrected chi connectivity index (χ2v) is 12.2. The lowest BCUT2D eigenvalue weighted by Crippen LogP contribution is -2.32. The third kappa shape index (κ3) is 3.57. The average Bonchev–Trinajstić information content (AvgIpc) is 3.37. The number of hydrogen-bond acceptors (Lipinski definition) is 2. The van der Waals surface area contributed by atoms with E-state index in [0.29, 0.717) is 0 Å². The Morgan fingerprint density at radius 1 is 0.489 bits per heavy atom. The van der Waals surface area contributed by atoms with Gasteiger partial charge in [-0.15, -0.1) is 0 Å². The Labute approximate surface area is 263 Å². The van der Waals surface area contributed by atoms with Gasteiger partial charge in [0.25, 0.3) is 0 Å². The summed E-state index contributed by atoms with van der Waals surface area (Å²) in [6.07, 6.45) is 0. The van der Waals surface area contributed by atoms with Gasteiger partial charge in [-0.3, -0.25) is 0 Å². The van der Waals surface area contributed by atoms with Crippen LogP contribution in [0.15, 0.2) is 152 Å². The molecule has 214 valence electrons. The number of benzene rings is 7. The van der Waals surface area contributed by atoms with Gasteiger partial charge in [-0.1, -0.05) is 121 Å². The SMILES string of the molecule is Cc1ccccc1N(c1ccc2c(c1)C1(c3ccccc3Oc3c1ccc1ccccc31)c1ccccc1-2)c1ccccc1C. The lowest BCUT2D eigenvalue weighted by molar-refractivity contribution is 0.441. The smallest absolute Gasteiger partial charge is 0.140 e. The van der Waals surface area contributed by atoms with Crippen molar-refractivity contribution in [1.82, 2.24) is 0 Å². The topological polar surface area (TPSA) is 12.5 Å². The van der Waals surface area contributed by atoms with Crippen molar-refractivity contribution >= 4 is 27.8 Å². The standard InChI is InChI=1S/C43H31NO/c1-28-13-3-10-20-39(28)44(40-21-11-4-14-29(40)2)31-24-25-34-33-17-7-8-18-35(33)43(38(34)27-31)36-19-9-12-22-41(36)45-42-32-16-6-5-15-30(32)23-26-37(42)43/h3-27H,1-2H3. The van der Waals surface area contributed by atoms with Crippen molar-refractivity contribution in [2.24, 2.45) is 0 Å². The third-order valence-electron chi connectivity index (χ3n) is 9.79. The van der Waals surface area contributed by atoms with Crippen molar-refractivity contribution in [2.75, 3.05) is 4.90 Å². The van der Waals surface area contributed by atoms with Crippen molar-refractivity contribution in [2.45, 2.75) is 19.3 Å². The van der Waals surface area contributed by atoms with Gasteiger partial charge in [-0.2, -0.15) is 0 Å². The van der Waals surface area contributed by atoms with E-state index in [0.717, 1.165) is 22.6 Å². The summed E-state index contributed by atoms with van der Waals surface area (Å²) in [5.74, 6) is 1.85. The molecule has 1 aliphatic carbocycles. The molecule has 0 N–H and O–H groups in total. The quantitative estimate of drug-likeness (QED) is 0.207. The number of aryl methyl sites for hydroxylation is 2. The van der Waals surface area contributed by atoms with Crippen LogP contribution < -0.4 is 9.64 Å². The van der Waals surface area contributed by atoms with Gasteiger partial charge in [0.15, 0.2) is 0 Å². The molecule has 0 bridgehead atoms. The van der Waals surface area contributed by atoms with Crippen LogP contribution >= 0.6 is 0 Å². The van der Waals surface area contributed by atoms with E-state index in [2.05, 4.69) is 170 Å². The number of hydrogen-bond donors (Lipinski definition) is 0. The van der Waals surface area contributed by atoms with Gasteiger partial charge in [0.05, 0.1) is 5.41 Å². The average molecular weight is 578 g/mol. The summed E-state index contributed by atoms with van der Waals surface area (Å²) in [6, 6.07) is 55.1. The van der Waals surface area contributed by atoms with E-state index in [1.807, 2.05) is 0 Å². The molecule has 0 aromatic heterocycles. The van der Waals surface area contributed by atoms with Crippen molar-refractivity contribution in [3.8, 4) is 22.6 Å². The first-order chi connectivity index (χ1) is 22.2. The lowest BCUT2D eigenvalue weighted by Gasteiger charge is -2.40. The van der Waals surface area contributed by atoms with Crippen LogP contribution in [0, 0.1) is 13.8 Å². The zero-order chi connectivity index (χ0) is 30.1. The Morgan fingerprint density at radius 2 is 1.11 bits per heavy atom. The highest BCUT2D eigenvalue weighted by atomic mass is 16.5. The Kier molecular flexibility index (Phi) is 5.58. The van der Waals surface area contributed by atoms with Gasteiger partial charge in [0.2, 0.25) is 0 Å². The van der Waals surface area contributed by atoms with Crippen LogP contribution in [-0.4, -0.2) is 0 Å². The van der Waals surface area contributed by atoms with Crippen LogP contribution in [0.2, 0.25) is 0 Å². The Morgan fingerprint density at radius 3 is 1.89 bits per heavy atom. The fourth-order valence-corrected chi connectivity index (χ4v) is 7.79. The van der Waals surface area contributed by atoms with E-state index < -0.39 is 5.41 Å². The fourth-order valence-electron chi connectivity index (χ4n) is 7.79. The molecule has 2 aliphatic rings. The van der Waals surface area contributed by atoms with Crippen LogP contribution in [0.4, 0.5) is 17.1 Å². The monoisotopic (exact) mass is 577 g/mol. The summed E-state index contributed by atoms with van der Waals surface area (Å²) < 4.78 is 6.84. The van der Waals surface area contributed by atoms with E-state index in [1.54, 1.807) is 0 Å². The summed E-state index contributed by atoms with van der Waals surface area (Å²) in [4.78, 5) is 2.42. The van der Waals surface area contributed by atoms with E-state index >= 15 is 0 Å². The van der Waals surface area contributed by atoms with Crippen molar-refractivity contribution in [3.63, 3.8) is 0 Å². The first-order valence-electron chi connectivity index (χ1n) is 15.6. The summed E-state index contributed by atoms with van der Waals surface area (Å²) in [5.41, 5.74) is 12.9. The van der Waals surface area contributed by atoms with E-state index in [-0.39, 0.29) is 0 Å². The number of rotatable bonds is 3. The predicted molar refractivity (Wildman–Crippen MR) is 185 cm³/mol. The zero-order valence-electron chi connectivity index (χ0n) is 25.3. The number of ether oxygens (including phenoxy) is 1. The Hall–Kier alpha value is -5.60. The summed E-state index contributed by atoms with van der Waals surface area (Å²) in [5, 5.41) is 2.31. The van der Waals surface area contributed by atoms with Crippen molar-refractivity contribution in [3.05, 3.63) is 185 Å². The van der Waals surface area contributed by atoms with Crippen molar-refractivity contribution < 1.29 is 4.74 Å². The maximum atomic E-state index is 6.84. The molecule has 0 saturated heterocycles. The van der Waals surface area contributed by atoms with Gasteiger partial charge in [-0.05, 0) is 82.9 Å². The maximum Gasteiger partial charge on any atom is 0.140 e. The maximum absolute atomic E-state index is 6.84. The van der Waals surface area contributed by atoms with Gasteiger partial charge in [0.1, 0.15) is 11.5 Å². The molecule has 2 heteroatoms. The molecule has 0 radical (unpaired) electrons. The zero-order valence-corrected chi connectivity index (χ0v) is 25.3. The minimum Gasteiger partial charge on any atom is -0.456 e. The predicted octanol–water partition coefficient (Wildman–Crippen LogP) is 11.4. The molecule has 1 heterocycles. The van der Waals surface area contributed by atoms with Crippen LogP contribution in [0.25, 0.3) is 21.9 Å². The minimum atomic E-state index is -0.542. The van der Waals surface area contributed by atoms with Gasteiger partial charge in [-0.25, -0.2) is 0 Å². The molecule has 1 unspecified atom stereocenters. The van der Waals surface area contributed by atoms with Crippen LogP contribution in [0.5, 0.6) is 11.5 Å². The molecule has 45 heavy (non-hydrogen) atoms. The molecule has 1 atom stereocenters. The largest absolute Gasteiger partial charge is 0.456 e. The van der Waals surface area contributed by atoms with Gasteiger partial charge < -0.3 is 9.64 Å². The highest BCUT2D eigenvalue weighted by molar-refractivity contribution is 5.96. The van der Waals surface area contributed by atoms with E-state index in [4.69, 9.17) is 4.74 Å². The van der Waals surface area contributed by atoms with Crippen LogP contribution in [0.3, 0.4) is 0 Å². The van der Waals surface area contributed by atoms with Crippen molar-refractivity contribution in [1.29, 1.82) is 0 Å². The second kappa shape index (κ2) is 9.70. The number of fused-ring (bicyclic) bond motifs is 11. The number of nitrogens with zero attached hydrogens (tertiary/aromatic N) is 1. The Bertz CT molecular complexity index is 2250.